The van der Waals surface area contributed by atoms with E-state index in [9.17, 15) is 18.0 Å². The number of anilines is 2. The summed E-state index contributed by atoms with van der Waals surface area (Å²) < 4.78 is 49.9. The number of halogens is 3. The molecule has 3 aromatic rings. The summed E-state index contributed by atoms with van der Waals surface area (Å²) >= 11 is 0. The van der Waals surface area contributed by atoms with Gasteiger partial charge in [0.15, 0.2) is 6.04 Å². The molecule has 0 aromatic carbocycles. The SMILES string of the molecule is O=C(Nc1cnn(C23CC4CC(CC(C4)C2)C3)c1)c1cnn2c1N[C@H](c1ccco1)C[C@H]2C(F)(F)F. The lowest BCUT2D eigenvalue weighted by molar-refractivity contribution is -0.174. The lowest BCUT2D eigenvalue weighted by Crippen LogP contribution is -2.52. The van der Waals surface area contributed by atoms with Crippen LogP contribution in [-0.4, -0.2) is 31.6 Å². The van der Waals surface area contributed by atoms with E-state index in [0.717, 1.165) is 41.7 Å². The van der Waals surface area contributed by atoms with E-state index in [1.54, 1.807) is 18.3 Å². The number of carbonyl (C=O) groups is 1. The Hall–Kier alpha value is -3.24. The van der Waals surface area contributed by atoms with Gasteiger partial charge in [-0.15, -0.1) is 0 Å². The number of hydrogen-bond acceptors (Lipinski definition) is 5. The van der Waals surface area contributed by atoms with E-state index >= 15 is 0 Å². The summed E-state index contributed by atoms with van der Waals surface area (Å²) in [6.07, 6.45) is 8.63. The number of amides is 1. The molecule has 1 amide bonds. The highest BCUT2D eigenvalue weighted by Crippen LogP contribution is 2.58. The molecule has 5 aliphatic rings. The Morgan fingerprint density at radius 2 is 1.81 bits per heavy atom. The van der Waals surface area contributed by atoms with Crippen LogP contribution < -0.4 is 10.6 Å². The maximum absolute atomic E-state index is 13.9. The van der Waals surface area contributed by atoms with Crippen LogP contribution in [0.5, 0.6) is 0 Å². The van der Waals surface area contributed by atoms with Crippen LogP contribution in [0.1, 0.15) is 73.1 Å². The second kappa shape index (κ2) is 7.63. The van der Waals surface area contributed by atoms with E-state index in [0.29, 0.717) is 11.4 Å². The topological polar surface area (TPSA) is 89.9 Å². The Balaban J connectivity index is 1.14. The standard InChI is InChI=1S/C25H27F3N6O2/c26-25(27,28)21-7-19(20-2-1-3-36-20)32-22-18(12-30-34(21)22)23(35)31-17-11-29-33(13-17)24-8-14-4-15(9-24)6-16(5-14)10-24/h1-3,11-16,19,21,32H,4-10H2,(H,31,35)/t14?,15?,16?,19-,21-,24?/m0/s1. The third-order valence-electron chi connectivity index (χ3n) is 8.70. The number of alkyl halides is 3. The minimum absolute atomic E-state index is 0.0202. The first kappa shape index (κ1) is 22.0. The number of fused-ring (bicyclic) bond motifs is 1. The van der Waals surface area contributed by atoms with Crippen LogP contribution in [0.25, 0.3) is 0 Å². The van der Waals surface area contributed by atoms with Crippen molar-refractivity contribution in [2.24, 2.45) is 17.8 Å². The average Bonchev–Trinajstić information content (AvgIpc) is 3.57. The molecular formula is C25H27F3N6O2. The zero-order valence-electron chi connectivity index (χ0n) is 19.5. The van der Waals surface area contributed by atoms with Crippen molar-refractivity contribution in [3.05, 3.63) is 48.3 Å². The molecule has 8 rings (SSSR count). The second-order valence-corrected chi connectivity index (χ2v) is 11.1. The van der Waals surface area contributed by atoms with Gasteiger partial charge in [-0.05, 0) is 68.4 Å². The van der Waals surface area contributed by atoms with Crippen molar-refractivity contribution >= 4 is 17.4 Å². The number of rotatable bonds is 4. The first-order valence-corrected chi connectivity index (χ1v) is 12.6. The fourth-order valence-electron chi connectivity index (χ4n) is 7.60. The number of carbonyl (C=O) groups excluding carboxylic acids is 1. The molecule has 4 aliphatic carbocycles. The van der Waals surface area contributed by atoms with Gasteiger partial charge in [0.2, 0.25) is 0 Å². The molecule has 0 unspecified atom stereocenters. The highest BCUT2D eigenvalue weighted by atomic mass is 19.4. The van der Waals surface area contributed by atoms with E-state index in [4.69, 9.17) is 4.42 Å². The molecule has 4 heterocycles. The van der Waals surface area contributed by atoms with E-state index < -0.39 is 24.2 Å². The van der Waals surface area contributed by atoms with Crippen molar-refractivity contribution < 1.29 is 22.4 Å². The number of aromatic nitrogens is 4. The van der Waals surface area contributed by atoms with Gasteiger partial charge < -0.3 is 15.1 Å². The molecule has 11 heteroatoms. The summed E-state index contributed by atoms with van der Waals surface area (Å²) in [5, 5.41) is 14.4. The van der Waals surface area contributed by atoms with Crippen molar-refractivity contribution in [1.82, 2.24) is 19.6 Å². The van der Waals surface area contributed by atoms with Crippen molar-refractivity contribution in [2.75, 3.05) is 10.6 Å². The fourth-order valence-corrected chi connectivity index (χ4v) is 7.60. The van der Waals surface area contributed by atoms with Crippen molar-refractivity contribution in [3.8, 4) is 0 Å². The molecular weight excluding hydrogens is 473 g/mol. The summed E-state index contributed by atoms with van der Waals surface area (Å²) in [6, 6.07) is 0.640. The largest absolute Gasteiger partial charge is 0.467 e. The zero-order valence-corrected chi connectivity index (χ0v) is 19.5. The van der Waals surface area contributed by atoms with E-state index in [2.05, 4.69) is 20.8 Å². The summed E-state index contributed by atoms with van der Waals surface area (Å²) in [5.74, 6) is 2.14. The first-order chi connectivity index (χ1) is 17.3. The molecule has 0 spiro atoms. The molecule has 190 valence electrons. The quantitative estimate of drug-likeness (QED) is 0.493. The molecule has 3 aromatic heterocycles. The summed E-state index contributed by atoms with van der Waals surface area (Å²) in [7, 11) is 0. The van der Waals surface area contributed by atoms with Crippen LogP contribution in [0.3, 0.4) is 0 Å². The van der Waals surface area contributed by atoms with E-state index in [1.165, 1.54) is 31.7 Å². The molecule has 0 saturated heterocycles. The normalized spacial score (nSPS) is 32.8. The van der Waals surface area contributed by atoms with Gasteiger partial charge in [0.05, 0.1) is 35.9 Å². The van der Waals surface area contributed by atoms with E-state index in [-0.39, 0.29) is 23.3 Å². The number of hydrogen-bond donors (Lipinski definition) is 2. The third kappa shape index (κ3) is 3.46. The fraction of sp³-hybridized carbons (Fsp3) is 0.560. The summed E-state index contributed by atoms with van der Waals surface area (Å²) in [6.45, 7) is 0. The van der Waals surface area contributed by atoms with Crippen molar-refractivity contribution in [3.63, 3.8) is 0 Å². The Labute approximate surface area is 205 Å². The predicted octanol–water partition coefficient (Wildman–Crippen LogP) is 5.51. The lowest BCUT2D eigenvalue weighted by atomic mass is 9.53. The smallest absolute Gasteiger partial charge is 0.410 e. The molecule has 2 atom stereocenters. The maximum atomic E-state index is 13.9. The predicted molar refractivity (Wildman–Crippen MR) is 123 cm³/mol. The first-order valence-electron chi connectivity index (χ1n) is 12.6. The maximum Gasteiger partial charge on any atom is 0.410 e. The average molecular weight is 501 g/mol. The van der Waals surface area contributed by atoms with Gasteiger partial charge in [-0.25, -0.2) is 4.68 Å². The van der Waals surface area contributed by atoms with Crippen LogP contribution >= 0.6 is 0 Å². The monoisotopic (exact) mass is 500 g/mol. The van der Waals surface area contributed by atoms with Crippen LogP contribution in [0.4, 0.5) is 24.7 Å². The van der Waals surface area contributed by atoms with Crippen molar-refractivity contribution in [2.45, 2.75) is 68.7 Å². The van der Waals surface area contributed by atoms with Crippen LogP contribution in [-0.2, 0) is 5.54 Å². The lowest BCUT2D eigenvalue weighted by Gasteiger charge is -2.56. The van der Waals surface area contributed by atoms with Gasteiger partial charge in [-0.2, -0.15) is 23.4 Å². The second-order valence-electron chi connectivity index (χ2n) is 11.1. The molecule has 36 heavy (non-hydrogen) atoms. The number of nitrogens with zero attached hydrogens (tertiary/aromatic N) is 4. The highest BCUT2D eigenvalue weighted by molar-refractivity contribution is 6.07. The minimum Gasteiger partial charge on any atom is -0.467 e. The molecule has 8 nitrogen and oxygen atoms in total. The van der Waals surface area contributed by atoms with Gasteiger partial charge in [0.25, 0.3) is 5.91 Å². The number of nitrogens with one attached hydrogen (secondary N) is 2. The van der Waals surface area contributed by atoms with Gasteiger partial charge in [-0.3, -0.25) is 9.48 Å². The Morgan fingerprint density at radius 3 is 2.44 bits per heavy atom. The Morgan fingerprint density at radius 1 is 1.08 bits per heavy atom. The van der Waals surface area contributed by atoms with Crippen molar-refractivity contribution in [1.29, 1.82) is 0 Å². The molecule has 4 bridgehead atoms. The third-order valence-corrected chi connectivity index (χ3v) is 8.70. The number of furan rings is 1. The van der Waals surface area contributed by atoms with Gasteiger partial charge in [0.1, 0.15) is 17.1 Å². The Bertz CT molecular complexity index is 1260. The van der Waals surface area contributed by atoms with Crippen LogP contribution in [0.15, 0.2) is 41.4 Å². The van der Waals surface area contributed by atoms with E-state index in [1.807, 2.05) is 10.9 Å². The highest BCUT2D eigenvalue weighted by Gasteiger charge is 2.52. The molecule has 4 saturated carbocycles. The minimum atomic E-state index is -4.53. The van der Waals surface area contributed by atoms with Gasteiger partial charge in [-0.1, -0.05) is 0 Å². The molecule has 1 aliphatic heterocycles. The molecule has 0 radical (unpaired) electrons. The van der Waals surface area contributed by atoms with Gasteiger partial charge >= 0.3 is 6.18 Å². The molecule has 2 N–H and O–H groups in total. The molecule has 4 fully saturated rings. The van der Waals surface area contributed by atoms with Crippen LogP contribution in [0, 0.1) is 17.8 Å². The zero-order chi connectivity index (χ0) is 24.7. The Kier molecular flexibility index (Phi) is 4.66. The summed E-state index contributed by atoms with van der Waals surface area (Å²) in [5.41, 5.74) is 0.594. The van der Waals surface area contributed by atoms with Gasteiger partial charge in [0, 0.05) is 12.6 Å². The summed E-state index contributed by atoms with van der Waals surface area (Å²) in [4.78, 5) is 13.2. The van der Waals surface area contributed by atoms with Crippen LogP contribution in [0.2, 0.25) is 0 Å².